The molecule has 1 saturated carbocycles. The number of benzene rings is 1. The van der Waals surface area contributed by atoms with Crippen molar-refractivity contribution >= 4 is 5.69 Å². The van der Waals surface area contributed by atoms with Crippen molar-refractivity contribution < 1.29 is 10.0 Å². The van der Waals surface area contributed by atoms with E-state index in [0.29, 0.717) is 13.1 Å². The zero-order valence-electron chi connectivity index (χ0n) is 12.8. The monoisotopic (exact) mass is 292 g/mol. The summed E-state index contributed by atoms with van der Waals surface area (Å²) in [6.07, 6.45) is 3.83. The molecule has 1 aliphatic rings. The molecular formula is C16H24N2O3. The van der Waals surface area contributed by atoms with Crippen LogP contribution in [0.25, 0.3) is 0 Å². The van der Waals surface area contributed by atoms with Crippen LogP contribution >= 0.6 is 0 Å². The minimum Gasteiger partial charge on any atom is -0.389 e. The number of aliphatic hydroxyl groups is 1. The molecule has 5 nitrogen and oxygen atoms in total. The Kier molecular flexibility index (Phi) is 4.96. The first kappa shape index (κ1) is 15.9. The van der Waals surface area contributed by atoms with Crippen LogP contribution in [0.5, 0.6) is 0 Å². The summed E-state index contributed by atoms with van der Waals surface area (Å²) in [4.78, 5) is 10.8. The van der Waals surface area contributed by atoms with E-state index in [4.69, 9.17) is 0 Å². The fourth-order valence-electron chi connectivity index (χ4n) is 2.99. The molecule has 0 bridgehead atoms. The van der Waals surface area contributed by atoms with E-state index in [9.17, 15) is 15.2 Å². The highest BCUT2D eigenvalue weighted by Gasteiger charge is 2.30. The van der Waals surface area contributed by atoms with Crippen LogP contribution in [0.4, 0.5) is 5.69 Å². The van der Waals surface area contributed by atoms with Gasteiger partial charge in [-0.05, 0) is 24.3 Å². The zero-order valence-corrected chi connectivity index (χ0v) is 12.8. The molecule has 1 fully saturated rings. The maximum absolute atomic E-state index is 11.2. The number of nitro groups is 1. The number of nitro benzene ring substituents is 1. The molecule has 1 aromatic carbocycles. The predicted molar refractivity (Wildman–Crippen MR) is 82.3 cm³/mol. The predicted octanol–water partition coefficient (Wildman–Crippen LogP) is 3.11. The third-order valence-corrected chi connectivity index (χ3v) is 4.23. The van der Waals surface area contributed by atoms with E-state index in [2.05, 4.69) is 5.32 Å². The van der Waals surface area contributed by atoms with Gasteiger partial charge in [0.25, 0.3) is 5.69 Å². The summed E-state index contributed by atoms with van der Waals surface area (Å²) in [7, 11) is 0. The molecule has 1 aliphatic carbocycles. The first-order valence-electron chi connectivity index (χ1n) is 7.62. The summed E-state index contributed by atoms with van der Waals surface area (Å²) in [5.74, 6) is 0.131. The lowest BCUT2D eigenvalue weighted by Crippen LogP contribution is -2.37. The van der Waals surface area contributed by atoms with Crippen molar-refractivity contribution in [2.75, 3.05) is 6.54 Å². The lowest BCUT2D eigenvalue weighted by Gasteiger charge is -2.22. The molecule has 0 atom stereocenters. The Morgan fingerprint density at radius 1 is 1.38 bits per heavy atom. The molecule has 116 valence electrons. The van der Waals surface area contributed by atoms with Crippen LogP contribution in [0.2, 0.25) is 0 Å². The Bertz CT molecular complexity index is 508. The molecule has 0 saturated heterocycles. The van der Waals surface area contributed by atoms with E-state index in [1.165, 1.54) is 0 Å². The third-order valence-electron chi connectivity index (χ3n) is 4.23. The Hall–Kier alpha value is -1.46. The Morgan fingerprint density at radius 2 is 2.05 bits per heavy atom. The molecule has 21 heavy (non-hydrogen) atoms. The van der Waals surface area contributed by atoms with Crippen molar-refractivity contribution in [3.05, 3.63) is 39.4 Å². The average Bonchev–Trinajstić information content (AvgIpc) is 2.85. The smallest absolute Gasteiger partial charge is 0.273 e. The van der Waals surface area contributed by atoms with E-state index in [1.54, 1.807) is 6.07 Å². The zero-order chi connectivity index (χ0) is 15.5. The number of hydrogen-bond donors (Lipinski definition) is 2. The normalized spacial score (nSPS) is 17.3. The highest BCUT2D eigenvalue weighted by molar-refractivity contribution is 5.45. The molecule has 0 spiro atoms. The van der Waals surface area contributed by atoms with Gasteiger partial charge in [-0.25, -0.2) is 0 Å². The van der Waals surface area contributed by atoms with Crippen LogP contribution in [-0.4, -0.2) is 22.2 Å². The summed E-state index contributed by atoms with van der Waals surface area (Å²) in [6, 6.07) is 5.40. The standard InChI is InChI=1S/C16H24N2O3/c1-12(2)14-6-5-13(9-15(14)18(20)21)10-17-11-16(19)7-3-4-8-16/h5-6,9,12,17,19H,3-4,7-8,10-11H2,1-2H3. The van der Waals surface area contributed by atoms with E-state index in [-0.39, 0.29) is 16.5 Å². The first-order valence-corrected chi connectivity index (χ1v) is 7.62. The maximum Gasteiger partial charge on any atom is 0.273 e. The van der Waals surface area contributed by atoms with Gasteiger partial charge in [0.2, 0.25) is 0 Å². The molecular weight excluding hydrogens is 268 g/mol. The van der Waals surface area contributed by atoms with Crippen LogP contribution in [0.3, 0.4) is 0 Å². The topological polar surface area (TPSA) is 75.4 Å². The molecule has 1 aromatic rings. The van der Waals surface area contributed by atoms with E-state index < -0.39 is 5.60 Å². The molecule has 2 N–H and O–H groups in total. The molecule has 0 unspecified atom stereocenters. The quantitative estimate of drug-likeness (QED) is 0.624. The Labute approximate surface area is 125 Å². The van der Waals surface area contributed by atoms with E-state index in [0.717, 1.165) is 36.8 Å². The summed E-state index contributed by atoms with van der Waals surface area (Å²) in [5.41, 5.74) is 1.24. The molecule has 0 aromatic heterocycles. The van der Waals surface area contributed by atoms with Gasteiger partial charge >= 0.3 is 0 Å². The summed E-state index contributed by atoms with van der Waals surface area (Å²) >= 11 is 0. The molecule has 0 radical (unpaired) electrons. The van der Waals surface area contributed by atoms with Crippen molar-refractivity contribution in [3.8, 4) is 0 Å². The van der Waals surface area contributed by atoms with E-state index in [1.807, 2.05) is 26.0 Å². The van der Waals surface area contributed by atoms with Crippen molar-refractivity contribution in [3.63, 3.8) is 0 Å². The molecule has 5 heteroatoms. The van der Waals surface area contributed by atoms with Crippen LogP contribution in [0.15, 0.2) is 18.2 Å². The average molecular weight is 292 g/mol. The molecule has 0 aliphatic heterocycles. The minimum absolute atomic E-state index is 0.131. The second-order valence-corrected chi connectivity index (χ2v) is 6.34. The molecule has 0 heterocycles. The van der Waals surface area contributed by atoms with Crippen LogP contribution in [0, 0.1) is 10.1 Å². The van der Waals surface area contributed by atoms with Crippen LogP contribution in [-0.2, 0) is 6.54 Å². The second-order valence-electron chi connectivity index (χ2n) is 6.34. The number of rotatable bonds is 6. The molecule has 2 rings (SSSR count). The fourth-order valence-corrected chi connectivity index (χ4v) is 2.99. The Balaban J connectivity index is 2.00. The number of hydrogen-bond acceptors (Lipinski definition) is 4. The highest BCUT2D eigenvalue weighted by Crippen LogP contribution is 2.29. The van der Waals surface area contributed by atoms with Crippen molar-refractivity contribution in [2.24, 2.45) is 0 Å². The lowest BCUT2D eigenvalue weighted by molar-refractivity contribution is -0.385. The first-order chi connectivity index (χ1) is 9.91. The number of nitrogens with zero attached hydrogens (tertiary/aromatic N) is 1. The van der Waals surface area contributed by atoms with Gasteiger partial charge in [0.1, 0.15) is 0 Å². The van der Waals surface area contributed by atoms with Gasteiger partial charge in [-0.3, -0.25) is 10.1 Å². The van der Waals surface area contributed by atoms with Gasteiger partial charge in [-0.2, -0.15) is 0 Å². The van der Waals surface area contributed by atoms with Gasteiger partial charge < -0.3 is 10.4 Å². The minimum atomic E-state index is -0.593. The summed E-state index contributed by atoms with van der Waals surface area (Å²) in [5, 5.41) is 24.6. The summed E-state index contributed by atoms with van der Waals surface area (Å²) in [6.45, 7) is 5.00. The van der Waals surface area contributed by atoms with Gasteiger partial charge in [-0.1, -0.05) is 38.8 Å². The highest BCUT2D eigenvalue weighted by atomic mass is 16.6. The molecule has 0 amide bonds. The van der Waals surface area contributed by atoms with Crippen molar-refractivity contribution in [1.29, 1.82) is 0 Å². The largest absolute Gasteiger partial charge is 0.389 e. The number of nitrogens with one attached hydrogen (secondary N) is 1. The van der Waals surface area contributed by atoms with Gasteiger partial charge in [-0.15, -0.1) is 0 Å². The van der Waals surface area contributed by atoms with E-state index >= 15 is 0 Å². The lowest BCUT2D eigenvalue weighted by atomic mass is 9.99. The second kappa shape index (κ2) is 6.54. The van der Waals surface area contributed by atoms with Gasteiger partial charge in [0.15, 0.2) is 0 Å². The van der Waals surface area contributed by atoms with Crippen LogP contribution < -0.4 is 5.32 Å². The SMILES string of the molecule is CC(C)c1ccc(CNCC2(O)CCCC2)cc1[N+](=O)[O-]. The third kappa shape index (κ3) is 4.02. The van der Waals surface area contributed by atoms with Crippen LogP contribution in [0.1, 0.15) is 56.6 Å². The summed E-state index contributed by atoms with van der Waals surface area (Å²) < 4.78 is 0. The Morgan fingerprint density at radius 3 is 2.62 bits per heavy atom. The fraction of sp³-hybridized carbons (Fsp3) is 0.625. The van der Waals surface area contributed by atoms with Gasteiger partial charge in [0, 0.05) is 24.7 Å². The van der Waals surface area contributed by atoms with Crippen molar-refractivity contribution in [2.45, 2.75) is 57.6 Å². The van der Waals surface area contributed by atoms with Gasteiger partial charge in [0.05, 0.1) is 10.5 Å². The maximum atomic E-state index is 11.2. The van der Waals surface area contributed by atoms with Crippen molar-refractivity contribution in [1.82, 2.24) is 5.32 Å².